The van der Waals surface area contributed by atoms with Gasteiger partial charge in [-0.2, -0.15) is 0 Å². The molecule has 0 aromatic rings. The van der Waals surface area contributed by atoms with E-state index in [2.05, 4.69) is 33.8 Å². The fourth-order valence-corrected chi connectivity index (χ4v) is 6.71. The summed E-state index contributed by atoms with van der Waals surface area (Å²) < 4.78 is 0. The van der Waals surface area contributed by atoms with Gasteiger partial charge in [-0.1, -0.05) is 31.1 Å². The van der Waals surface area contributed by atoms with Crippen molar-refractivity contribution in [2.24, 2.45) is 28.6 Å². The molecule has 132 valence electrons. The summed E-state index contributed by atoms with van der Waals surface area (Å²) >= 11 is 0. The summed E-state index contributed by atoms with van der Waals surface area (Å²) in [4.78, 5) is 13.1. The number of aliphatic hydroxyl groups excluding tert-OH is 1. The predicted octanol–water partition coefficient (Wildman–Crippen LogP) is 4.83. The molecule has 2 heteroatoms. The van der Waals surface area contributed by atoms with Gasteiger partial charge in [0, 0.05) is 5.41 Å². The van der Waals surface area contributed by atoms with Gasteiger partial charge in [0.05, 0.1) is 6.10 Å². The highest BCUT2D eigenvalue weighted by molar-refractivity contribution is 6.03. The van der Waals surface area contributed by atoms with E-state index in [0.29, 0.717) is 23.5 Å². The molecule has 2 nitrogen and oxygen atoms in total. The number of aliphatic hydroxyl groups is 1. The van der Waals surface area contributed by atoms with Crippen molar-refractivity contribution in [1.29, 1.82) is 0 Å². The van der Waals surface area contributed by atoms with Crippen LogP contribution < -0.4 is 0 Å². The first-order valence-electron chi connectivity index (χ1n) is 9.86. The zero-order chi connectivity index (χ0) is 17.3. The molecule has 0 heterocycles. The number of fused-ring (bicyclic) bond motifs is 5. The molecular weight excluding hydrogens is 296 g/mol. The zero-order valence-electron chi connectivity index (χ0n) is 15.7. The molecule has 4 rings (SSSR count). The molecule has 0 aliphatic heterocycles. The van der Waals surface area contributed by atoms with Crippen LogP contribution in [-0.4, -0.2) is 17.0 Å². The van der Waals surface area contributed by atoms with Crippen LogP contribution in [0.3, 0.4) is 0 Å². The molecule has 0 aromatic carbocycles. The first kappa shape index (κ1) is 16.6. The minimum absolute atomic E-state index is 0.121. The maximum absolute atomic E-state index is 13.1. The second-order valence-electron chi connectivity index (χ2n) is 9.62. The van der Waals surface area contributed by atoms with E-state index in [1.165, 1.54) is 17.6 Å². The number of rotatable bonds is 0. The Morgan fingerprint density at radius 2 is 1.79 bits per heavy atom. The number of ketones is 1. The van der Waals surface area contributed by atoms with Crippen LogP contribution >= 0.6 is 0 Å². The summed E-state index contributed by atoms with van der Waals surface area (Å²) in [5, 5.41) is 10.1. The number of Topliss-reactive ketones (excluding diaryl/α,β-unsaturated/α-hetero) is 1. The molecule has 6 atom stereocenters. The maximum Gasteiger partial charge on any atom is 0.164 e. The van der Waals surface area contributed by atoms with Crippen LogP contribution in [0.5, 0.6) is 0 Å². The first-order valence-corrected chi connectivity index (χ1v) is 9.86. The monoisotopic (exact) mass is 328 g/mol. The Labute approximate surface area is 146 Å². The van der Waals surface area contributed by atoms with Crippen LogP contribution in [0.1, 0.15) is 72.6 Å². The van der Waals surface area contributed by atoms with Crippen molar-refractivity contribution in [2.45, 2.75) is 78.7 Å². The van der Waals surface area contributed by atoms with Gasteiger partial charge in [-0.05, 0) is 87.5 Å². The molecular formula is C22H32O2. The normalized spacial score (nSPS) is 47.6. The highest BCUT2D eigenvalue weighted by Crippen LogP contribution is 2.64. The number of carbonyl (C=O) groups excluding carboxylic acids is 1. The topological polar surface area (TPSA) is 37.3 Å². The molecule has 1 unspecified atom stereocenters. The van der Waals surface area contributed by atoms with Gasteiger partial charge in [0.1, 0.15) is 0 Å². The summed E-state index contributed by atoms with van der Waals surface area (Å²) in [7, 11) is 0. The Hall–Kier alpha value is -0.890. The lowest BCUT2D eigenvalue weighted by atomic mass is 9.48. The molecule has 0 amide bonds. The van der Waals surface area contributed by atoms with Crippen LogP contribution in [0.15, 0.2) is 22.8 Å². The predicted molar refractivity (Wildman–Crippen MR) is 96.5 cm³/mol. The second kappa shape index (κ2) is 5.30. The van der Waals surface area contributed by atoms with Crippen LogP contribution in [0.4, 0.5) is 0 Å². The Balaban J connectivity index is 1.72. The quantitative estimate of drug-likeness (QED) is 0.511. The Morgan fingerprint density at radius 3 is 2.50 bits per heavy atom. The van der Waals surface area contributed by atoms with E-state index in [9.17, 15) is 9.90 Å². The summed E-state index contributed by atoms with van der Waals surface area (Å²) in [5.74, 6) is 2.32. The molecule has 24 heavy (non-hydrogen) atoms. The summed E-state index contributed by atoms with van der Waals surface area (Å²) in [6.07, 6.45) is 9.60. The van der Waals surface area contributed by atoms with Gasteiger partial charge in [0.15, 0.2) is 5.78 Å². The molecule has 1 N–H and O–H groups in total. The number of hydrogen-bond donors (Lipinski definition) is 1. The fraction of sp³-hybridized carbons (Fsp3) is 0.773. The maximum atomic E-state index is 13.1. The average molecular weight is 328 g/mol. The van der Waals surface area contributed by atoms with Crippen LogP contribution in [0.25, 0.3) is 0 Å². The van der Waals surface area contributed by atoms with Gasteiger partial charge in [0.2, 0.25) is 0 Å². The molecule has 0 saturated heterocycles. The summed E-state index contributed by atoms with van der Waals surface area (Å²) in [6.45, 7) is 8.91. The lowest BCUT2D eigenvalue weighted by Crippen LogP contribution is -2.50. The molecule has 0 bridgehead atoms. The Bertz CT molecular complexity index is 638. The highest BCUT2D eigenvalue weighted by atomic mass is 16.3. The van der Waals surface area contributed by atoms with E-state index < -0.39 is 0 Å². The third-order valence-electron chi connectivity index (χ3n) is 8.29. The van der Waals surface area contributed by atoms with Gasteiger partial charge in [-0.15, -0.1) is 0 Å². The van der Waals surface area contributed by atoms with Gasteiger partial charge < -0.3 is 5.11 Å². The molecule has 4 aliphatic rings. The molecule has 4 aliphatic carbocycles. The van der Waals surface area contributed by atoms with Crippen LogP contribution in [0, 0.1) is 28.6 Å². The van der Waals surface area contributed by atoms with Crippen molar-refractivity contribution in [3.05, 3.63) is 22.8 Å². The molecule has 0 aromatic heterocycles. The van der Waals surface area contributed by atoms with Crippen LogP contribution in [0.2, 0.25) is 0 Å². The Morgan fingerprint density at radius 1 is 1.08 bits per heavy atom. The lowest BCUT2D eigenvalue weighted by Gasteiger charge is -2.56. The Kier molecular flexibility index (Phi) is 3.66. The van der Waals surface area contributed by atoms with Gasteiger partial charge >= 0.3 is 0 Å². The van der Waals surface area contributed by atoms with Gasteiger partial charge in [-0.3, -0.25) is 4.79 Å². The van der Waals surface area contributed by atoms with Crippen molar-refractivity contribution >= 4 is 5.78 Å². The standard InChI is InChI=1S/C22H32O2/c1-13(2)17-12-19-16-6-5-14-11-15(23)7-9-21(14,3)18(16)8-10-22(19,4)20(17)24/h5,15-16,18-19,23H,6-12H2,1-4H3/t15?,16-,18+,19+,21+,22+/m1/s1. The van der Waals surface area contributed by atoms with Crippen molar-refractivity contribution in [2.75, 3.05) is 0 Å². The van der Waals surface area contributed by atoms with Gasteiger partial charge in [0.25, 0.3) is 0 Å². The SMILES string of the molecule is CC(C)=C1C[C@H]2[C@@H]3CC=C4CC(O)CC[C@]4(C)[C@H]3CC[C@]2(C)C1=O. The fourth-order valence-electron chi connectivity index (χ4n) is 6.71. The van der Waals surface area contributed by atoms with Crippen molar-refractivity contribution in [3.63, 3.8) is 0 Å². The van der Waals surface area contributed by atoms with E-state index in [-0.39, 0.29) is 16.9 Å². The third kappa shape index (κ3) is 2.08. The molecule has 0 radical (unpaired) electrons. The third-order valence-corrected chi connectivity index (χ3v) is 8.29. The van der Waals surface area contributed by atoms with E-state index in [4.69, 9.17) is 0 Å². The number of hydrogen-bond acceptors (Lipinski definition) is 2. The van der Waals surface area contributed by atoms with Crippen molar-refractivity contribution in [1.82, 2.24) is 0 Å². The van der Waals surface area contributed by atoms with Crippen LogP contribution in [-0.2, 0) is 4.79 Å². The zero-order valence-corrected chi connectivity index (χ0v) is 15.7. The largest absolute Gasteiger partial charge is 0.393 e. The minimum atomic E-state index is -0.139. The van der Waals surface area contributed by atoms with Crippen molar-refractivity contribution in [3.8, 4) is 0 Å². The minimum Gasteiger partial charge on any atom is -0.393 e. The number of allylic oxidation sites excluding steroid dienone is 3. The van der Waals surface area contributed by atoms with E-state index in [1.807, 2.05) is 0 Å². The molecule has 0 spiro atoms. The average Bonchev–Trinajstić information content (AvgIpc) is 2.80. The molecule has 3 saturated carbocycles. The lowest BCUT2D eigenvalue weighted by molar-refractivity contribution is -0.130. The van der Waals surface area contributed by atoms with E-state index in [1.54, 1.807) is 0 Å². The molecule has 3 fully saturated rings. The first-order chi connectivity index (χ1) is 11.3. The number of carbonyl (C=O) groups is 1. The van der Waals surface area contributed by atoms with Crippen molar-refractivity contribution < 1.29 is 9.90 Å². The summed E-state index contributed by atoms with van der Waals surface area (Å²) in [5.41, 5.74) is 4.01. The van der Waals surface area contributed by atoms with E-state index >= 15 is 0 Å². The van der Waals surface area contributed by atoms with Gasteiger partial charge in [-0.25, -0.2) is 0 Å². The van der Waals surface area contributed by atoms with E-state index in [0.717, 1.165) is 44.1 Å². The smallest absolute Gasteiger partial charge is 0.164 e. The summed E-state index contributed by atoms with van der Waals surface area (Å²) in [6, 6.07) is 0. The second-order valence-corrected chi connectivity index (χ2v) is 9.62. The highest BCUT2D eigenvalue weighted by Gasteiger charge is 2.59.